The van der Waals surface area contributed by atoms with E-state index in [1.54, 1.807) is 0 Å². The molecule has 3 aliphatic heterocycles. The highest BCUT2D eigenvalue weighted by atomic mass is 16.2. The van der Waals surface area contributed by atoms with E-state index < -0.39 is 0 Å². The third-order valence-electron chi connectivity index (χ3n) is 5.08. The zero-order valence-corrected chi connectivity index (χ0v) is 12.5. The number of nitrogens with zero attached hydrogens (tertiary/aromatic N) is 3. The topological polar surface area (TPSA) is 43.9 Å². The van der Waals surface area contributed by atoms with Crippen LogP contribution in [-0.4, -0.2) is 71.3 Å². The molecule has 5 heteroatoms. The molecule has 3 fully saturated rings. The quantitative estimate of drug-likeness (QED) is 0.747. The minimum Gasteiger partial charge on any atom is -0.329 e. The van der Waals surface area contributed by atoms with Gasteiger partial charge in [-0.25, -0.2) is 0 Å². The van der Waals surface area contributed by atoms with Gasteiger partial charge in [0.05, 0.1) is 0 Å². The lowest BCUT2D eigenvalue weighted by atomic mass is 9.96. The van der Waals surface area contributed by atoms with Crippen molar-refractivity contribution >= 4 is 11.8 Å². The Bertz CT molecular complexity index is 412. The standard InChI is InChI=1S/C15H25N3O2/c1-3-12-14(19)17-9-5-7-13(17)15(20)18(12)11-6-4-8-16(2)10-11/h11-13H,3-10H2,1-2H3. The SMILES string of the molecule is CCC1C(=O)N2CCCC2C(=O)N1C1CCCN(C)C1. The van der Waals surface area contributed by atoms with E-state index >= 15 is 0 Å². The first-order chi connectivity index (χ1) is 9.63. The number of amides is 2. The van der Waals surface area contributed by atoms with Crippen LogP contribution < -0.4 is 0 Å². The second-order valence-corrected chi connectivity index (χ2v) is 6.42. The second kappa shape index (κ2) is 5.35. The fourth-order valence-electron chi connectivity index (χ4n) is 4.10. The Hall–Kier alpha value is -1.10. The van der Waals surface area contributed by atoms with Gasteiger partial charge in [0.25, 0.3) is 0 Å². The lowest BCUT2D eigenvalue weighted by Crippen LogP contribution is -2.66. The number of carbonyl (C=O) groups excluding carboxylic acids is 2. The molecule has 0 aromatic heterocycles. The molecule has 0 saturated carbocycles. The van der Waals surface area contributed by atoms with E-state index in [0.29, 0.717) is 0 Å². The minimum atomic E-state index is -0.228. The molecule has 3 atom stereocenters. The maximum absolute atomic E-state index is 12.8. The van der Waals surface area contributed by atoms with Crippen LogP contribution in [0.25, 0.3) is 0 Å². The molecule has 0 radical (unpaired) electrons. The molecule has 3 rings (SSSR count). The Labute approximate surface area is 120 Å². The molecule has 0 bridgehead atoms. The number of likely N-dealkylation sites (N-methyl/N-ethyl adjacent to an activating group) is 1. The molecule has 0 aromatic rings. The van der Waals surface area contributed by atoms with Crippen molar-refractivity contribution in [1.29, 1.82) is 0 Å². The number of likely N-dealkylation sites (tertiary alicyclic amines) is 1. The summed E-state index contributed by atoms with van der Waals surface area (Å²) in [5.74, 6) is 0.386. The van der Waals surface area contributed by atoms with Gasteiger partial charge in [-0.15, -0.1) is 0 Å². The maximum atomic E-state index is 12.8. The maximum Gasteiger partial charge on any atom is 0.246 e. The molecule has 3 aliphatic rings. The third-order valence-corrected chi connectivity index (χ3v) is 5.08. The van der Waals surface area contributed by atoms with E-state index in [1.165, 1.54) is 0 Å². The third kappa shape index (κ3) is 2.12. The van der Waals surface area contributed by atoms with Crippen LogP contribution in [0.4, 0.5) is 0 Å². The van der Waals surface area contributed by atoms with Crippen molar-refractivity contribution in [2.45, 2.75) is 57.2 Å². The molecule has 20 heavy (non-hydrogen) atoms. The van der Waals surface area contributed by atoms with Gasteiger partial charge < -0.3 is 14.7 Å². The van der Waals surface area contributed by atoms with Gasteiger partial charge in [0.2, 0.25) is 11.8 Å². The Kier molecular flexibility index (Phi) is 3.71. The molecule has 3 unspecified atom stereocenters. The van der Waals surface area contributed by atoms with Crippen molar-refractivity contribution in [1.82, 2.24) is 14.7 Å². The number of piperazine rings is 1. The second-order valence-electron chi connectivity index (χ2n) is 6.42. The van der Waals surface area contributed by atoms with E-state index in [1.807, 2.05) is 16.7 Å². The summed E-state index contributed by atoms with van der Waals surface area (Å²) in [7, 11) is 2.10. The number of hydrogen-bond acceptors (Lipinski definition) is 3. The summed E-state index contributed by atoms with van der Waals surface area (Å²) in [5, 5.41) is 0. The zero-order valence-electron chi connectivity index (χ0n) is 12.5. The predicted molar refractivity (Wildman–Crippen MR) is 76.2 cm³/mol. The zero-order chi connectivity index (χ0) is 14.3. The molecule has 0 spiro atoms. The molecular formula is C15H25N3O2. The summed E-state index contributed by atoms with van der Waals surface area (Å²) in [6.45, 7) is 4.79. The van der Waals surface area contributed by atoms with E-state index in [0.717, 1.165) is 51.7 Å². The van der Waals surface area contributed by atoms with Gasteiger partial charge in [0.15, 0.2) is 0 Å². The number of rotatable bonds is 2. The minimum absolute atomic E-state index is 0.169. The van der Waals surface area contributed by atoms with Gasteiger partial charge in [0, 0.05) is 19.1 Å². The Morgan fingerprint density at radius 1 is 1.10 bits per heavy atom. The van der Waals surface area contributed by atoms with Gasteiger partial charge in [-0.3, -0.25) is 9.59 Å². The summed E-state index contributed by atoms with van der Waals surface area (Å²) in [6, 6.07) is -0.177. The highest BCUT2D eigenvalue weighted by Crippen LogP contribution is 2.31. The Morgan fingerprint density at radius 3 is 2.55 bits per heavy atom. The smallest absolute Gasteiger partial charge is 0.246 e. The first-order valence-corrected chi connectivity index (χ1v) is 7.94. The van der Waals surface area contributed by atoms with E-state index in [4.69, 9.17) is 0 Å². The lowest BCUT2D eigenvalue weighted by molar-refractivity contribution is -0.163. The highest BCUT2D eigenvalue weighted by molar-refractivity contribution is 5.97. The first-order valence-electron chi connectivity index (χ1n) is 7.94. The lowest BCUT2D eigenvalue weighted by Gasteiger charge is -2.47. The fourth-order valence-corrected chi connectivity index (χ4v) is 4.10. The summed E-state index contributed by atoms with van der Waals surface area (Å²) in [5.41, 5.74) is 0. The summed E-state index contributed by atoms with van der Waals surface area (Å²) >= 11 is 0. The Morgan fingerprint density at radius 2 is 1.85 bits per heavy atom. The van der Waals surface area contributed by atoms with Gasteiger partial charge in [-0.2, -0.15) is 0 Å². The molecule has 3 saturated heterocycles. The highest BCUT2D eigenvalue weighted by Gasteiger charge is 2.49. The number of fused-ring (bicyclic) bond motifs is 1. The monoisotopic (exact) mass is 279 g/mol. The predicted octanol–water partition coefficient (Wildman–Crippen LogP) is 0.692. The molecule has 0 N–H and O–H groups in total. The normalized spacial score (nSPS) is 35.6. The van der Waals surface area contributed by atoms with Crippen LogP contribution in [-0.2, 0) is 9.59 Å². The average molecular weight is 279 g/mol. The van der Waals surface area contributed by atoms with Crippen molar-refractivity contribution < 1.29 is 9.59 Å². The molecule has 5 nitrogen and oxygen atoms in total. The van der Waals surface area contributed by atoms with Gasteiger partial charge in [-0.05, 0) is 45.7 Å². The van der Waals surface area contributed by atoms with Crippen LogP contribution in [0, 0.1) is 0 Å². The number of piperidine rings is 1. The molecule has 2 amide bonds. The average Bonchev–Trinajstić information content (AvgIpc) is 2.92. The van der Waals surface area contributed by atoms with Crippen molar-refractivity contribution in [3.05, 3.63) is 0 Å². The number of hydrogen-bond donors (Lipinski definition) is 0. The van der Waals surface area contributed by atoms with E-state index in [9.17, 15) is 9.59 Å². The molecule has 0 aromatic carbocycles. The van der Waals surface area contributed by atoms with Crippen molar-refractivity contribution in [2.75, 3.05) is 26.7 Å². The molecule has 0 aliphatic carbocycles. The van der Waals surface area contributed by atoms with Gasteiger partial charge in [0.1, 0.15) is 12.1 Å². The molecular weight excluding hydrogens is 254 g/mol. The number of carbonyl (C=O) groups is 2. The van der Waals surface area contributed by atoms with Crippen molar-refractivity contribution in [2.24, 2.45) is 0 Å². The van der Waals surface area contributed by atoms with E-state index in [-0.39, 0.29) is 29.9 Å². The van der Waals surface area contributed by atoms with E-state index in [2.05, 4.69) is 11.9 Å². The first kappa shape index (κ1) is 13.9. The summed E-state index contributed by atoms with van der Waals surface area (Å²) in [4.78, 5) is 31.5. The van der Waals surface area contributed by atoms with Crippen LogP contribution in [0.15, 0.2) is 0 Å². The van der Waals surface area contributed by atoms with Crippen LogP contribution in [0.2, 0.25) is 0 Å². The van der Waals surface area contributed by atoms with Crippen LogP contribution in [0.1, 0.15) is 39.0 Å². The fraction of sp³-hybridized carbons (Fsp3) is 0.867. The van der Waals surface area contributed by atoms with Crippen molar-refractivity contribution in [3.8, 4) is 0 Å². The summed E-state index contributed by atoms with van der Waals surface area (Å²) < 4.78 is 0. The van der Waals surface area contributed by atoms with Gasteiger partial charge >= 0.3 is 0 Å². The summed E-state index contributed by atoms with van der Waals surface area (Å²) in [6.07, 6.45) is 4.70. The van der Waals surface area contributed by atoms with Crippen LogP contribution in [0.3, 0.4) is 0 Å². The van der Waals surface area contributed by atoms with Gasteiger partial charge in [-0.1, -0.05) is 6.92 Å². The Balaban J connectivity index is 1.86. The molecule has 112 valence electrons. The van der Waals surface area contributed by atoms with Crippen molar-refractivity contribution in [3.63, 3.8) is 0 Å². The molecule has 3 heterocycles. The van der Waals surface area contributed by atoms with Crippen LogP contribution in [0.5, 0.6) is 0 Å². The van der Waals surface area contributed by atoms with Crippen LogP contribution >= 0.6 is 0 Å². The largest absolute Gasteiger partial charge is 0.329 e.